The van der Waals surface area contributed by atoms with E-state index in [0.29, 0.717) is 32.8 Å². The summed E-state index contributed by atoms with van der Waals surface area (Å²) in [6.07, 6.45) is 1.45. The predicted molar refractivity (Wildman–Crippen MR) is 148 cm³/mol. The minimum Gasteiger partial charge on any atom is -0.459 e. The summed E-state index contributed by atoms with van der Waals surface area (Å²) in [4.78, 5) is 4.39. The number of aryl methyl sites for hydroxylation is 1. The van der Waals surface area contributed by atoms with Gasteiger partial charge in [0.1, 0.15) is 11.5 Å². The van der Waals surface area contributed by atoms with Gasteiger partial charge in [-0.25, -0.2) is 22.0 Å². The number of aliphatic imine (C=N–C) groups is 1. The zero-order chi connectivity index (χ0) is 27.5. The van der Waals surface area contributed by atoms with E-state index in [-0.39, 0.29) is 22.9 Å². The number of nitrogens with two attached hydrogens (primary N) is 1. The number of halogens is 2. The molecule has 0 unspecified atom stereocenters. The number of hydrogen-bond donors (Lipinski definition) is 1. The van der Waals surface area contributed by atoms with Crippen LogP contribution < -0.4 is 5.14 Å². The van der Waals surface area contributed by atoms with Crippen LogP contribution in [0.3, 0.4) is 0 Å². The Morgan fingerprint density at radius 1 is 0.868 bits per heavy atom. The summed E-state index contributed by atoms with van der Waals surface area (Å²) in [7, 11) is -7.71. The van der Waals surface area contributed by atoms with Crippen molar-refractivity contribution in [3.8, 4) is 0 Å². The van der Waals surface area contributed by atoms with Gasteiger partial charge in [0.05, 0.1) is 28.2 Å². The molecule has 0 aliphatic heterocycles. The van der Waals surface area contributed by atoms with Gasteiger partial charge in [0.15, 0.2) is 0 Å². The molecule has 2 N–H and O–H groups in total. The van der Waals surface area contributed by atoms with Crippen molar-refractivity contribution >= 4 is 55.2 Å². The van der Waals surface area contributed by atoms with Crippen LogP contribution in [-0.4, -0.2) is 27.4 Å². The molecule has 38 heavy (non-hydrogen) atoms. The summed E-state index contributed by atoms with van der Waals surface area (Å²) in [5.41, 5.74) is 2.00. The lowest BCUT2D eigenvalue weighted by atomic mass is 10.2. The molecule has 1 heterocycles. The second-order valence-corrected chi connectivity index (χ2v) is 12.8. The third-order valence-corrected chi connectivity index (χ3v) is 8.86. The first-order chi connectivity index (χ1) is 17.9. The molecule has 8 nitrogen and oxygen atoms in total. The normalized spacial score (nSPS) is 12.4. The summed E-state index contributed by atoms with van der Waals surface area (Å²) in [6.45, 7) is 1.81. The van der Waals surface area contributed by atoms with E-state index in [9.17, 15) is 16.8 Å². The zero-order valence-electron chi connectivity index (χ0n) is 20.1. The molecule has 0 atom stereocenters. The lowest BCUT2D eigenvalue weighted by Crippen LogP contribution is -2.30. The van der Waals surface area contributed by atoms with Gasteiger partial charge in [-0.1, -0.05) is 47.0 Å². The molecule has 1 aromatic heterocycles. The van der Waals surface area contributed by atoms with Gasteiger partial charge < -0.3 is 4.42 Å². The SMILES string of the molecule is Cc1ccc(S(=O)(=O)N(Cc2ccc(C=Nc3ccc(S(N)(=O)=O)cc3)o2)Cc2ccc(Cl)cc2Cl)cc1. The van der Waals surface area contributed by atoms with E-state index in [1.54, 1.807) is 54.6 Å². The van der Waals surface area contributed by atoms with Gasteiger partial charge in [0, 0.05) is 16.6 Å². The van der Waals surface area contributed by atoms with Gasteiger partial charge in [0.2, 0.25) is 20.0 Å². The minimum absolute atomic E-state index is 0.00721. The highest BCUT2D eigenvalue weighted by molar-refractivity contribution is 7.89. The number of hydrogen-bond acceptors (Lipinski definition) is 6. The molecule has 0 spiro atoms. The largest absolute Gasteiger partial charge is 0.459 e. The highest BCUT2D eigenvalue weighted by Gasteiger charge is 2.27. The summed E-state index contributed by atoms with van der Waals surface area (Å²) in [6, 6.07) is 20.5. The predicted octanol–water partition coefficient (Wildman–Crippen LogP) is 5.68. The molecule has 0 saturated heterocycles. The first-order valence-corrected chi connectivity index (χ1v) is 14.9. The van der Waals surface area contributed by atoms with E-state index in [4.69, 9.17) is 32.8 Å². The molecule has 0 saturated carbocycles. The van der Waals surface area contributed by atoms with Crippen LogP contribution in [0.1, 0.15) is 22.6 Å². The van der Waals surface area contributed by atoms with E-state index in [0.717, 1.165) is 5.56 Å². The van der Waals surface area contributed by atoms with E-state index >= 15 is 0 Å². The van der Waals surface area contributed by atoms with Crippen molar-refractivity contribution in [2.45, 2.75) is 29.8 Å². The van der Waals surface area contributed by atoms with E-state index in [1.165, 1.54) is 34.8 Å². The zero-order valence-corrected chi connectivity index (χ0v) is 23.2. The summed E-state index contributed by atoms with van der Waals surface area (Å²) in [5.74, 6) is 0.768. The Hall–Kier alpha value is -2.99. The van der Waals surface area contributed by atoms with Crippen LogP contribution in [0.25, 0.3) is 0 Å². The molecule has 198 valence electrons. The Bertz CT molecular complexity index is 1680. The van der Waals surface area contributed by atoms with Crippen LogP contribution in [0.15, 0.2) is 98.1 Å². The fraction of sp³-hybridized carbons (Fsp3) is 0.115. The average molecular weight is 593 g/mol. The number of rotatable bonds is 9. The topological polar surface area (TPSA) is 123 Å². The van der Waals surface area contributed by atoms with Crippen LogP contribution in [0, 0.1) is 6.92 Å². The third-order valence-electron chi connectivity index (χ3n) is 5.54. The van der Waals surface area contributed by atoms with E-state index in [1.807, 2.05) is 6.92 Å². The smallest absolute Gasteiger partial charge is 0.243 e. The van der Waals surface area contributed by atoms with Gasteiger partial charge in [-0.2, -0.15) is 4.31 Å². The summed E-state index contributed by atoms with van der Waals surface area (Å²) >= 11 is 12.4. The van der Waals surface area contributed by atoms with Gasteiger partial charge >= 0.3 is 0 Å². The number of furan rings is 1. The minimum atomic E-state index is -3.91. The van der Waals surface area contributed by atoms with Crippen molar-refractivity contribution in [3.05, 3.63) is 112 Å². The molecule has 4 aromatic rings. The van der Waals surface area contributed by atoms with Crippen molar-refractivity contribution < 1.29 is 21.3 Å². The quantitative estimate of drug-likeness (QED) is 0.251. The van der Waals surface area contributed by atoms with Crippen molar-refractivity contribution in [2.24, 2.45) is 10.1 Å². The molecule has 0 radical (unpaired) electrons. The maximum atomic E-state index is 13.6. The molecular formula is C26H23Cl2N3O5S2. The number of primary sulfonamides is 1. The molecule has 0 bridgehead atoms. The summed E-state index contributed by atoms with van der Waals surface area (Å²) in [5, 5.41) is 5.91. The molecule has 12 heteroatoms. The molecule has 0 amide bonds. The first-order valence-electron chi connectivity index (χ1n) is 11.2. The maximum Gasteiger partial charge on any atom is 0.243 e. The highest BCUT2D eigenvalue weighted by Crippen LogP contribution is 2.27. The van der Waals surface area contributed by atoms with Crippen LogP contribution in [0.2, 0.25) is 10.0 Å². The Balaban J connectivity index is 1.59. The van der Waals surface area contributed by atoms with E-state index < -0.39 is 20.0 Å². The lowest BCUT2D eigenvalue weighted by molar-refractivity contribution is 0.357. The molecule has 3 aromatic carbocycles. The Kier molecular flexibility index (Phi) is 8.41. The fourth-order valence-corrected chi connectivity index (χ4v) is 5.88. The Morgan fingerprint density at radius 2 is 1.53 bits per heavy atom. The van der Waals surface area contributed by atoms with Gasteiger partial charge in [-0.3, -0.25) is 4.99 Å². The Morgan fingerprint density at radius 3 is 2.16 bits per heavy atom. The van der Waals surface area contributed by atoms with Crippen molar-refractivity contribution in [1.29, 1.82) is 0 Å². The third kappa shape index (κ3) is 6.90. The average Bonchev–Trinajstić information content (AvgIpc) is 3.31. The second kappa shape index (κ2) is 11.4. The number of benzene rings is 3. The summed E-state index contributed by atoms with van der Waals surface area (Å²) < 4.78 is 57.1. The molecule has 0 aliphatic carbocycles. The van der Waals surface area contributed by atoms with Crippen molar-refractivity contribution in [1.82, 2.24) is 4.31 Å². The van der Waals surface area contributed by atoms with Crippen LogP contribution in [0.4, 0.5) is 5.69 Å². The number of sulfonamides is 2. The van der Waals surface area contributed by atoms with E-state index in [2.05, 4.69) is 4.99 Å². The monoisotopic (exact) mass is 591 g/mol. The Labute approximate surface area is 231 Å². The van der Waals surface area contributed by atoms with Crippen LogP contribution in [-0.2, 0) is 33.1 Å². The van der Waals surface area contributed by atoms with Crippen LogP contribution in [0.5, 0.6) is 0 Å². The number of nitrogens with zero attached hydrogens (tertiary/aromatic N) is 2. The fourth-order valence-electron chi connectivity index (χ4n) is 3.51. The highest BCUT2D eigenvalue weighted by atomic mass is 35.5. The maximum absolute atomic E-state index is 13.6. The molecule has 0 fully saturated rings. The van der Waals surface area contributed by atoms with Gasteiger partial charge in [-0.15, -0.1) is 0 Å². The van der Waals surface area contributed by atoms with Crippen LogP contribution >= 0.6 is 23.2 Å². The molecule has 4 rings (SSSR count). The second-order valence-electron chi connectivity index (χ2n) is 8.42. The van der Waals surface area contributed by atoms with Crippen molar-refractivity contribution in [2.75, 3.05) is 0 Å². The first kappa shape index (κ1) is 28.0. The molecular weight excluding hydrogens is 569 g/mol. The van der Waals surface area contributed by atoms with Gasteiger partial charge in [-0.05, 0) is 73.2 Å². The van der Waals surface area contributed by atoms with Gasteiger partial charge in [0.25, 0.3) is 0 Å². The standard InChI is InChI=1S/C26H23Cl2N3O5S2/c1-18-2-10-25(11-3-18)38(34,35)31(16-19-4-5-20(27)14-26(19)28)17-23-9-8-22(36-23)15-30-21-6-12-24(13-7-21)37(29,32)33/h2-15H,16-17H2,1H3,(H2,29,32,33). The van der Waals surface area contributed by atoms with Crippen molar-refractivity contribution in [3.63, 3.8) is 0 Å². The lowest BCUT2D eigenvalue weighted by Gasteiger charge is -2.22. The molecule has 0 aliphatic rings.